The average molecular weight is 291 g/mol. The predicted molar refractivity (Wildman–Crippen MR) is 65.4 cm³/mol. The number of anilines is 1. The Hall–Kier alpha value is -0.350. The Morgan fingerprint density at radius 1 is 1.33 bits per heavy atom. The third kappa shape index (κ3) is 2.82. The zero-order chi connectivity index (χ0) is 10.7. The summed E-state index contributed by atoms with van der Waals surface area (Å²) in [5, 5.41) is 0. The van der Waals surface area contributed by atoms with Gasteiger partial charge in [0, 0.05) is 31.4 Å². The first kappa shape index (κ1) is 11.1. The molecule has 1 saturated heterocycles. The smallest absolute Gasteiger partial charge is 0.225 e. The molecule has 0 amide bonds. The largest absolute Gasteiger partial charge is 0.341 e. The van der Waals surface area contributed by atoms with Crippen LogP contribution in [0.1, 0.15) is 12.8 Å². The molecule has 2 heterocycles. The molecular formula is C10H13BrClN3. The van der Waals surface area contributed by atoms with Crippen molar-refractivity contribution in [2.75, 3.05) is 23.9 Å². The highest BCUT2D eigenvalue weighted by Gasteiger charge is 2.19. The summed E-state index contributed by atoms with van der Waals surface area (Å²) >= 11 is 9.17. The van der Waals surface area contributed by atoms with Gasteiger partial charge in [0.25, 0.3) is 0 Å². The van der Waals surface area contributed by atoms with Crippen LogP contribution in [0.15, 0.2) is 16.9 Å². The Balaban J connectivity index is 1.98. The van der Waals surface area contributed by atoms with Gasteiger partial charge in [-0.15, -0.1) is 11.6 Å². The molecule has 1 aliphatic rings. The van der Waals surface area contributed by atoms with Crippen LogP contribution >= 0.6 is 27.5 Å². The van der Waals surface area contributed by atoms with Crippen LogP contribution < -0.4 is 4.90 Å². The van der Waals surface area contributed by atoms with E-state index in [4.69, 9.17) is 11.6 Å². The highest BCUT2D eigenvalue weighted by atomic mass is 79.9. The minimum atomic E-state index is 0.665. The van der Waals surface area contributed by atoms with Crippen molar-refractivity contribution >= 4 is 33.5 Å². The molecule has 0 atom stereocenters. The number of piperidine rings is 1. The van der Waals surface area contributed by atoms with Crippen LogP contribution in [0.25, 0.3) is 0 Å². The third-order valence-electron chi connectivity index (χ3n) is 2.72. The van der Waals surface area contributed by atoms with E-state index in [1.165, 1.54) is 0 Å². The van der Waals surface area contributed by atoms with E-state index in [-0.39, 0.29) is 0 Å². The fourth-order valence-corrected chi connectivity index (χ4v) is 2.27. The van der Waals surface area contributed by atoms with E-state index >= 15 is 0 Å². The maximum absolute atomic E-state index is 5.84. The molecule has 1 fully saturated rings. The molecule has 0 spiro atoms. The van der Waals surface area contributed by atoms with Crippen molar-refractivity contribution in [2.24, 2.45) is 5.92 Å². The number of halogens is 2. The van der Waals surface area contributed by atoms with Gasteiger partial charge in [0.1, 0.15) is 0 Å². The topological polar surface area (TPSA) is 29.0 Å². The maximum Gasteiger partial charge on any atom is 0.225 e. The van der Waals surface area contributed by atoms with E-state index in [1.54, 1.807) is 12.4 Å². The summed E-state index contributed by atoms with van der Waals surface area (Å²) < 4.78 is 0.918. The number of hydrogen-bond donors (Lipinski definition) is 0. The lowest BCUT2D eigenvalue weighted by Gasteiger charge is -2.30. The number of rotatable bonds is 2. The van der Waals surface area contributed by atoms with Crippen LogP contribution in [0, 0.1) is 5.92 Å². The van der Waals surface area contributed by atoms with Crippen molar-refractivity contribution in [2.45, 2.75) is 12.8 Å². The van der Waals surface area contributed by atoms with E-state index in [2.05, 4.69) is 30.8 Å². The molecule has 0 saturated carbocycles. The number of nitrogens with zero attached hydrogens (tertiary/aromatic N) is 3. The van der Waals surface area contributed by atoms with Gasteiger partial charge in [-0.05, 0) is 34.7 Å². The van der Waals surface area contributed by atoms with Gasteiger partial charge in [-0.3, -0.25) is 0 Å². The lowest BCUT2D eigenvalue weighted by atomic mass is 9.99. The highest BCUT2D eigenvalue weighted by molar-refractivity contribution is 9.10. The Morgan fingerprint density at radius 2 is 1.93 bits per heavy atom. The second kappa shape index (κ2) is 5.12. The number of aromatic nitrogens is 2. The molecule has 82 valence electrons. The molecular weight excluding hydrogens is 277 g/mol. The number of hydrogen-bond acceptors (Lipinski definition) is 3. The molecule has 0 unspecified atom stereocenters. The first-order valence-electron chi connectivity index (χ1n) is 5.08. The van der Waals surface area contributed by atoms with E-state index in [1.807, 2.05) is 0 Å². The second-order valence-electron chi connectivity index (χ2n) is 3.79. The van der Waals surface area contributed by atoms with E-state index < -0.39 is 0 Å². The Morgan fingerprint density at radius 3 is 2.47 bits per heavy atom. The minimum Gasteiger partial charge on any atom is -0.341 e. The van der Waals surface area contributed by atoms with Crippen LogP contribution in [0.4, 0.5) is 5.95 Å². The molecule has 0 bridgehead atoms. The van der Waals surface area contributed by atoms with E-state index in [9.17, 15) is 0 Å². The van der Waals surface area contributed by atoms with Crippen LogP contribution in [-0.4, -0.2) is 28.9 Å². The van der Waals surface area contributed by atoms with Crippen molar-refractivity contribution < 1.29 is 0 Å². The van der Waals surface area contributed by atoms with Crippen molar-refractivity contribution in [1.29, 1.82) is 0 Å². The summed E-state index contributed by atoms with van der Waals surface area (Å²) in [6.07, 6.45) is 5.86. The fourth-order valence-electron chi connectivity index (χ4n) is 1.76. The Bertz CT molecular complexity index is 309. The monoisotopic (exact) mass is 289 g/mol. The maximum atomic E-state index is 5.84. The van der Waals surface area contributed by atoms with Crippen molar-refractivity contribution in [3.05, 3.63) is 16.9 Å². The predicted octanol–water partition coefficient (Wildman–Crippen LogP) is 2.69. The molecule has 0 N–H and O–H groups in total. The summed E-state index contributed by atoms with van der Waals surface area (Å²) in [6.45, 7) is 2.03. The van der Waals surface area contributed by atoms with Gasteiger partial charge >= 0.3 is 0 Å². The first-order chi connectivity index (χ1) is 7.29. The van der Waals surface area contributed by atoms with Crippen LogP contribution in [0.5, 0.6) is 0 Å². The van der Waals surface area contributed by atoms with Gasteiger partial charge in [0.05, 0.1) is 4.47 Å². The van der Waals surface area contributed by atoms with Gasteiger partial charge < -0.3 is 4.90 Å². The van der Waals surface area contributed by atoms with E-state index in [0.717, 1.165) is 42.2 Å². The molecule has 1 aromatic heterocycles. The molecule has 1 aliphatic heterocycles. The molecule has 0 aliphatic carbocycles. The summed E-state index contributed by atoms with van der Waals surface area (Å²) in [5.41, 5.74) is 0. The zero-order valence-electron chi connectivity index (χ0n) is 8.37. The second-order valence-corrected chi connectivity index (χ2v) is 5.01. The normalized spacial score (nSPS) is 18.1. The first-order valence-corrected chi connectivity index (χ1v) is 6.41. The van der Waals surface area contributed by atoms with E-state index in [0.29, 0.717) is 5.92 Å². The van der Waals surface area contributed by atoms with Gasteiger partial charge in [0.2, 0.25) is 5.95 Å². The van der Waals surface area contributed by atoms with Gasteiger partial charge in [-0.2, -0.15) is 0 Å². The Kier molecular flexibility index (Phi) is 3.81. The summed E-state index contributed by atoms with van der Waals surface area (Å²) in [4.78, 5) is 10.8. The summed E-state index contributed by atoms with van der Waals surface area (Å²) in [6, 6.07) is 0. The number of alkyl halides is 1. The molecule has 0 radical (unpaired) electrons. The Labute approximate surface area is 103 Å². The van der Waals surface area contributed by atoms with Crippen LogP contribution in [0.3, 0.4) is 0 Å². The van der Waals surface area contributed by atoms with Crippen molar-refractivity contribution in [3.8, 4) is 0 Å². The lowest BCUT2D eigenvalue weighted by Crippen LogP contribution is -2.35. The highest BCUT2D eigenvalue weighted by Crippen LogP contribution is 2.21. The molecule has 1 aromatic rings. The third-order valence-corrected chi connectivity index (χ3v) is 3.57. The molecule has 0 aromatic carbocycles. The lowest BCUT2D eigenvalue weighted by molar-refractivity contribution is 0.438. The standard InChI is InChI=1S/C10H13BrClN3/c11-9-6-13-10(14-7-9)15-3-1-8(5-12)2-4-15/h6-8H,1-5H2. The fraction of sp³-hybridized carbons (Fsp3) is 0.600. The van der Waals surface area contributed by atoms with Gasteiger partial charge in [-0.1, -0.05) is 0 Å². The minimum absolute atomic E-state index is 0.665. The zero-order valence-corrected chi connectivity index (χ0v) is 10.7. The molecule has 15 heavy (non-hydrogen) atoms. The van der Waals surface area contributed by atoms with Gasteiger partial charge in [-0.25, -0.2) is 9.97 Å². The molecule has 3 nitrogen and oxygen atoms in total. The van der Waals surface area contributed by atoms with Crippen LogP contribution in [0.2, 0.25) is 0 Å². The SMILES string of the molecule is ClCC1CCN(c2ncc(Br)cn2)CC1. The van der Waals surface area contributed by atoms with Crippen molar-refractivity contribution in [1.82, 2.24) is 9.97 Å². The molecule has 5 heteroatoms. The summed E-state index contributed by atoms with van der Waals surface area (Å²) in [5.74, 6) is 2.26. The van der Waals surface area contributed by atoms with Crippen molar-refractivity contribution in [3.63, 3.8) is 0 Å². The quantitative estimate of drug-likeness (QED) is 0.784. The van der Waals surface area contributed by atoms with Crippen LogP contribution in [-0.2, 0) is 0 Å². The summed E-state index contributed by atoms with van der Waals surface area (Å²) in [7, 11) is 0. The average Bonchev–Trinajstić information content (AvgIpc) is 2.30. The van der Waals surface area contributed by atoms with Gasteiger partial charge in [0.15, 0.2) is 0 Å². The molecule has 2 rings (SSSR count).